The van der Waals surface area contributed by atoms with E-state index in [1.165, 1.54) is 25.7 Å². The molecule has 0 bridgehead atoms. The zero-order valence-corrected chi connectivity index (χ0v) is 12.3. The lowest BCUT2D eigenvalue weighted by molar-refractivity contribution is -0.276. The Morgan fingerprint density at radius 1 is 1.05 bits per heavy atom. The summed E-state index contributed by atoms with van der Waals surface area (Å²) < 4.78 is 10.8. The van der Waals surface area contributed by atoms with E-state index in [1.807, 2.05) is 0 Å². The minimum Gasteiger partial charge on any atom is -0.394 e. The zero-order chi connectivity index (χ0) is 15.0. The molecular formula is C14H29NO5. The summed E-state index contributed by atoms with van der Waals surface area (Å²) in [4.78, 5) is 0. The molecule has 5 N–H and O–H groups in total. The van der Waals surface area contributed by atoms with Crippen molar-refractivity contribution in [1.29, 1.82) is 0 Å². The van der Waals surface area contributed by atoms with E-state index >= 15 is 0 Å². The molecule has 1 heterocycles. The van der Waals surface area contributed by atoms with Gasteiger partial charge in [0.25, 0.3) is 0 Å². The van der Waals surface area contributed by atoms with E-state index in [4.69, 9.17) is 20.3 Å². The molecule has 1 aliphatic heterocycles. The van der Waals surface area contributed by atoms with Crippen LogP contribution in [-0.4, -0.2) is 59.2 Å². The molecule has 6 heteroatoms. The molecule has 0 aromatic rings. The topological polar surface area (TPSA) is 105 Å². The van der Waals surface area contributed by atoms with Crippen molar-refractivity contribution in [3.8, 4) is 0 Å². The van der Waals surface area contributed by atoms with Gasteiger partial charge in [-0.25, -0.2) is 0 Å². The molecule has 20 heavy (non-hydrogen) atoms. The van der Waals surface area contributed by atoms with E-state index < -0.39 is 30.6 Å². The Bertz CT molecular complexity index is 252. The van der Waals surface area contributed by atoms with Gasteiger partial charge < -0.3 is 30.5 Å². The van der Waals surface area contributed by atoms with Crippen LogP contribution in [0.1, 0.15) is 45.4 Å². The summed E-state index contributed by atoms with van der Waals surface area (Å²) >= 11 is 0. The minimum atomic E-state index is -1.08. The number of ether oxygens (including phenoxy) is 2. The molecule has 6 nitrogen and oxygen atoms in total. The second-order valence-electron chi connectivity index (χ2n) is 5.42. The molecular weight excluding hydrogens is 262 g/mol. The Balaban J connectivity index is 2.21. The van der Waals surface area contributed by atoms with Crippen LogP contribution in [0, 0.1) is 0 Å². The number of aliphatic hydroxyl groups is 3. The minimum absolute atomic E-state index is 0.349. The van der Waals surface area contributed by atoms with Crippen LogP contribution in [0.3, 0.4) is 0 Å². The molecule has 0 radical (unpaired) electrons. The summed E-state index contributed by atoms with van der Waals surface area (Å²) in [5.74, 6) is 0. The smallest absolute Gasteiger partial charge is 0.185 e. The van der Waals surface area contributed by atoms with Crippen molar-refractivity contribution in [3.63, 3.8) is 0 Å². The molecule has 0 aromatic carbocycles. The predicted octanol–water partition coefficient (Wildman–Crippen LogP) is 0.130. The van der Waals surface area contributed by atoms with Crippen molar-refractivity contribution in [2.45, 2.75) is 76.1 Å². The Kier molecular flexibility index (Phi) is 8.60. The van der Waals surface area contributed by atoms with E-state index in [1.54, 1.807) is 0 Å². The Morgan fingerprint density at radius 3 is 2.35 bits per heavy atom. The van der Waals surface area contributed by atoms with Gasteiger partial charge in [-0.3, -0.25) is 0 Å². The molecule has 0 aromatic heterocycles. The number of hydrogen-bond acceptors (Lipinski definition) is 6. The first-order valence-electron chi connectivity index (χ1n) is 7.61. The van der Waals surface area contributed by atoms with Gasteiger partial charge in [0, 0.05) is 6.61 Å². The SMILES string of the molecule is CCCCCCCCOC1OC(CO)C(O)C(N)C1O. The molecule has 1 aliphatic rings. The first-order valence-corrected chi connectivity index (χ1v) is 7.61. The van der Waals surface area contributed by atoms with Gasteiger partial charge in [0.2, 0.25) is 0 Å². The molecule has 1 fully saturated rings. The van der Waals surface area contributed by atoms with E-state index in [2.05, 4.69) is 6.92 Å². The molecule has 0 amide bonds. The third-order valence-electron chi connectivity index (χ3n) is 3.72. The highest BCUT2D eigenvalue weighted by molar-refractivity contribution is 4.91. The Labute approximate surface area is 120 Å². The van der Waals surface area contributed by atoms with Crippen LogP contribution >= 0.6 is 0 Å². The van der Waals surface area contributed by atoms with Crippen molar-refractivity contribution in [2.75, 3.05) is 13.2 Å². The molecule has 5 atom stereocenters. The lowest BCUT2D eigenvalue weighted by Crippen LogP contribution is -2.62. The molecule has 120 valence electrons. The van der Waals surface area contributed by atoms with Gasteiger partial charge >= 0.3 is 0 Å². The maximum Gasteiger partial charge on any atom is 0.185 e. The van der Waals surface area contributed by atoms with Gasteiger partial charge in [0.1, 0.15) is 18.3 Å². The highest BCUT2D eigenvalue weighted by Crippen LogP contribution is 2.21. The summed E-state index contributed by atoms with van der Waals surface area (Å²) in [7, 11) is 0. The highest BCUT2D eigenvalue weighted by Gasteiger charge is 2.42. The maximum absolute atomic E-state index is 9.88. The monoisotopic (exact) mass is 291 g/mol. The van der Waals surface area contributed by atoms with Gasteiger partial charge in [-0.1, -0.05) is 39.0 Å². The summed E-state index contributed by atoms with van der Waals surface area (Å²) in [6.07, 6.45) is 3.06. The first-order chi connectivity index (χ1) is 9.61. The normalized spacial score (nSPS) is 34.4. The highest BCUT2D eigenvalue weighted by atomic mass is 16.7. The molecule has 0 spiro atoms. The number of hydrogen-bond donors (Lipinski definition) is 4. The van der Waals surface area contributed by atoms with Crippen LogP contribution in [0.25, 0.3) is 0 Å². The zero-order valence-electron chi connectivity index (χ0n) is 12.3. The van der Waals surface area contributed by atoms with Crippen molar-refractivity contribution in [1.82, 2.24) is 0 Å². The van der Waals surface area contributed by atoms with Gasteiger partial charge in [0.15, 0.2) is 6.29 Å². The quantitative estimate of drug-likeness (QED) is 0.450. The van der Waals surface area contributed by atoms with Crippen molar-refractivity contribution < 1.29 is 24.8 Å². The Morgan fingerprint density at radius 2 is 1.70 bits per heavy atom. The second kappa shape index (κ2) is 9.65. The van der Waals surface area contributed by atoms with Gasteiger partial charge in [0.05, 0.1) is 12.6 Å². The van der Waals surface area contributed by atoms with Crippen LogP contribution in [0.5, 0.6) is 0 Å². The average molecular weight is 291 g/mol. The van der Waals surface area contributed by atoms with E-state index in [9.17, 15) is 10.2 Å². The summed E-state index contributed by atoms with van der Waals surface area (Å²) in [5.41, 5.74) is 5.69. The van der Waals surface area contributed by atoms with Crippen molar-refractivity contribution in [3.05, 3.63) is 0 Å². The molecule has 0 aliphatic carbocycles. The third-order valence-corrected chi connectivity index (χ3v) is 3.72. The van der Waals surface area contributed by atoms with Crippen molar-refractivity contribution >= 4 is 0 Å². The second-order valence-corrected chi connectivity index (χ2v) is 5.42. The Hall–Kier alpha value is -0.240. The van der Waals surface area contributed by atoms with Crippen LogP contribution in [0.15, 0.2) is 0 Å². The molecule has 1 saturated heterocycles. The maximum atomic E-state index is 9.88. The number of aliphatic hydroxyl groups excluding tert-OH is 3. The largest absolute Gasteiger partial charge is 0.394 e. The number of rotatable bonds is 9. The third kappa shape index (κ3) is 5.27. The molecule has 0 saturated carbocycles. The van der Waals surface area contributed by atoms with Crippen LogP contribution in [0.2, 0.25) is 0 Å². The van der Waals surface area contributed by atoms with E-state index in [-0.39, 0.29) is 6.61 Å². The number of unbranched alkanes of at least 4 members (excludes halogenated alkanes) is 5. The first kappa shape index (κ1) is 17.8. The lowest BCUT2D eigenvalue weighted by Gasteiger charge is -2.40. The fourth-order valence-corrected chi connectivity index (χ4v) is 2.34. The molecule has 5 unspecified atom stereocenters. The van der Waals surface area contributed by atoms with Crippen LogP contribution < -0.4 is 5.73 Å². The van der Waals surface area contributed by atoms with E-state index in [0.717, 1.165) is 12.8 Å². The predicted molar refractivity (Wildman–Crippen MR) is 75.1 cm³/mol. The van der Waals surface area contributed by atoms with E-state index in [0.29, 0.717) is 6.61 Å². The van der Waals surface area contributed by atoms with Gasteiger partial charge in [-0.2, -0.15) is 0 Å². The van der Waals surface area contributed by atoms with Crippen molar-refractivity contribution in [2.24, 2.45) is 5.73 Å². The summed E-state index contributed by atoms with van der Waals surface area (Å²) in [6, 6.07) is -0.865. The lowest BCUT2D eigenvalue weighted by atomic mass is 9.97. The summed E-state index contributed by atoms with van der Waals surface area (Å²) in [6.45, 7) is 2.31. The van der Waals surface area contributed by atoms with Crippen LogP contribution in [-0.2, 0) is 9.47 Å². The van der Waals surface area contributed by atoms with Crippen LogP contribution in [0.4, 0.5) is 0 Å². The molecule has 1 rings (SSSR count). The fraction of sp³-hybridized carbons (Fsp3) is 1.00. The van der Waals surface area contributed by atoms with Gasteiger partial charge in [-0.15, -0.1) is 0 Å². The van der Waals surface area contributed by atoms with Gasteiger partial charge in [-0.05, 0) is 6.42 Å². The standard InChI is InChI=1S/C14H29NO5/c1-2-3-4-5-6-7-8-19-14-13(18)11(15)12(17)10(9-16)20-14/h10-14,16-18H,2-9,15H2,1H3. The average Bonchev–Trinajstić information content (AvgIpc) is 2.46. The summed E-state index contributed by atoms with van der Waals surface area (Å²) in [5, 5.41) is 28.7. The fourth-order valence-electron chi connectivity index (χ4n) is 2.34. The number of nitrogens with two attached hydrogens (primary N) is 1.